The van der Waals surface area contributed by atoms with Crippen molar-refractivity contribution in [1.82, 2.24) is 20.2 Å². The lowest BCUT2D eigenvalue weighted by Gasteiger charge is -2.33. The van der Waals surface area contributed by atoms with Crippen LogP contribution in [0.25, 0.3) is 11.4 Å². The van der Waals surface area contributed by atoms with Gasteiger partial charge in [-0.25, -0.2) is 4.68 Å². The number of aromatic nitrogens is 3. The molecule has 1 aliphatic rings. The number of benzene rings is 3. The van der Waals surface area contributed by atoms with Crippen LogP contribution in [-0.2, 0) is 11.3 Å². The van der Waals surface area contributed by atoms with E-state index in [0.29, 0.717) is 11.7 Å². The van der Waals surface area contributed by atoms with Gasteiger partial charge in [0.1, 0.15) is 5.25 Å². The number of nitrogens with one attached hydrogen (secondary N) is 2. The van der Waals surface area contributed by atoms with Crippen molar-refractivity contribution in [3.05, 3.63) is 102 Å². The number of nitrogens with zero attached hydrogens (tertiary/aromatic N) is 3. The van der Waals surface area contributed by atoms with E-state index in [-0.39, 0.29) is 17.2 Å². The molecule has 1 aliphatic heterocycles. The van der Waals surface area contributed by atoms with Crippen LogP contribution >= 0.6 is 11.8 Å². The molecular weight excluding hydrogens is 418 g/mol. The molecule has 4 aromatic rings. The van der Waals surface area contributed by atoms with Gasteiger partial charge in [-0.15, -0.1) is 10.2 Å². The summed E-state index contributed by atoms with van der Waals surface area (Å²) in [5, 5.41) is 12.1. The van der Waals surface area contributed by atoms with Crippen LogP contribution in [0, 0.1) is 6.92 Å². The average Bonchev–Trinajstić information content (AvgIpc) is 3.27. The Morgan fingerprint density at radius 1 is 0.969 bits per heavy atom. The summed E-state index contributed by atoms with van der Waals surface area (Å²) < 4.78 is 1.89. The summed E-state index contributed by atoms with van der Waals surface area (Å²) in [6.07, 6.45) is 0. The Kier molecular flexibility index (Phi) is 5.64. The number of amides is 1. The number of carbonyl (C=O) groups is 1. The second-order valence-electron chi connectivity index (χ2n) is 7.77. The molecule has 2 N–H and O–H groups in total. The SMILES string of the molecule is Cc1ccc(CNC(=O)C2Sc3nnc(-c4ccccc4)n3NC2c2ccccc2)cc1. The quantitative estimate of drug-likeness (QED) is 0.482. The summed E-state index contributed by atoms with van der Waals surface area (Å²) in [6.45, 7) is 2.54. The number of hydrogen-bond donors (Lipinski definition) is 2. The number of fused-ring (bicyclic) bond motifs is 1. The normalized spacial score (nSPS) is 17.3. The molecule has 0 saturated heterocycles. The van der Waals surface area contributed by atoms with Gasteiger partial charge >= 0.3 is 0 Å². The molecule has 7 heteroatoms. The highest BCUT2D eigenvalue weighted by atomic mass is 32.2. The van der Waals surface area contributed by atoms with E-state index in [1.807, 2.05) is 77.5 Å². The van der Waals surface area contributed by atoms with Gasteiger partial charge in [0.25, 0.3) is 0 Å². The molecule has 0 aliphatic carbocycles. The maximum atomic E-state index is 13.3. The molecule has 160 valence electrons. The van der Waals surface area contributed by atoms with Gasteiger partial charge in [0.05, 0.1) is 6.04 Å². The zero-order chi connectivity index (χ0) is 21.9. The molecule has 0 bridgehead atoms. The van der Waals surface area contributed by atoms with Gasteiger partial charge in [-0.05, 0) is 18.1 Å². The van der Waals surface area contributed by atoms with Crippen LogP contribution in [0.2, 0.25) is 0 Å². The fourth-order valence-corrected chi connectivity index (χ4v) is 4.84. The smallest absolute Gasteiger partial charge is 0.236 e. The Morgan fingerprint density at radius 3 is 2.38 bits per heavy atom. The van der Waals surface area contributed by atoms with Gasteiger partial charge in [0.15, 0.2) is 5.82 Å². The molecule has 5 rings (SSSR count). The van der Waals surface area contributed by atoms with E-state index >= 15 is 0 Å². The molecule has 2 atom stereocenters. The van der Waals surface area contributed by atoms with Crippen molar-refractivity contribution in [2.45, 2.75) is 29.9 Å². The Morgan fingerprint density at radius 2 is 1.66 bits per heavy atom. The van der Waals surface area contributed by atoms with Gasteiger partial charge in [0, 0.05) is 12.1 Å². The van der Waals surface area contributed by atoms with E-state index in [1.165, 1.54) is 17.3 Å². The predicted molar refractivity (Wildman–Crippen MR) is 127 cm³/mol. The highest BCUT2D eigenvalue weighted by molar-refractivity contribution is 8.00. The molecule has 0 radical (unpaired) electrons. The number of hydrogen-bond acceptors (Lipinski definition) is 5. The molecular formula is C25H23N5OS. The number of carbonyl (C=O) groups excluding carboxylic acids is 1. The third-order valence-corrected chi connectivity index (χ3v) is 6.69. The van der Waals surface area contributed by atoms with Crippen molar-refractivity contribution in [3.8, 4) is 11.4 Å². The lowest BCUT2D eigenvalue weighted by Crippen LogP contribution is -2.43. The molecule has 1 amide bonds. The predicted octanol–water partition coefficient (Wildman–Crippen LogP) is 4.33. The largest absolute Gasteiger partial charge is 0.351 e. The van der Waals surface area contributed by atoms with Crippen LogP contribution in [0.1, 0.15) is 22.7 Å². The summed E-state index contributed by atoms with van der Waals surface area (Å²) in [6, 6.07) is 27.9. The van der Waals surface area contributed by atoms with Crippen LogP contribution in [0.3, 0.4) is 0 Å². The van der Waals surface area contributed by atoms with Crippen LogP contribution in [0.5, 0.6) is 0 Å². The lowest BCUT2D eigenvalue weighted by molar-refractivity contribution is -0.121. The molecule has 0 saturated carbocycles. The van der Waals surface area contributed by atoms with Crippen molar-refractivity contribution < 1.29 is 4.79 Å². The van der Waals surface area contributed by atoms with Gasteiger partial charge in [-0.3, -0.25) is 4.79 Å². The van der Waals surface area contributed by atoms with Crippen molar-refractivity contribution in [2.75, 3.05) is 5.43 Å². The summed E-state index contributed by atoms with van der Waals surface area (Å²) in [4.78, 5) is 13.3. The standard InChI is InChI=1S/C25H23N5OS/c1-17-12-14-18(15-13-17)16-26-24(31)22-21(19-8-4-2-5-9-19)29-30-23(27-28-25(30)32-22)20-10-6-3-7-11-20/h2-15,21-22,29H,16H2,1H3,(H,26,31). The van der Waals surface area contributed by atoms with E-state index in [0.717, 1.165) is 22.5 Å². The Labute approximate surface area is 191 Å². The molecule has 6 nitrogen and oxygen atoms in total. The molecule has 3 aromatic carbocycles. The van der Waals surface area contributed by atoms with E-state index in [4.69, 9.17) is 0 Å². The minimum absolute atomic E-state index is 0.0348. The highest BCUT2D eigenvalue weighted by Crippen LogP contribution is 2.38. The van der Waals surface area contributed by atoms with Crippen molar-refractivity contribution in [3.63, 3.8) is 0 Å². The highest BCUT2D eigenvalue weighted by Gasteiger charge is 2.37. The summed E-state index contributed by atoms with van der Waals surface area (Å²) in [5.41, 5.74) is 7.78. The molecule has 0 fully saturated rings. The van der Waals surface area contributed by atoms with Gasteiger partial charge < -0.3 is 10.7 Å². The topological polar surface area (TPSA) is 71.8 Å². The zero-order valence-corrected chi connectivity index (χ0v) is 18.4. The van der Waals surface area contributed by atoms with Crippen LogP contribution < -0.4 is 10.7 Å². The van der Waals surface area contributed by atoms with Crippen LogP contribution in [-0.4, -0.2) is 26.0 Å². The van der Waals surface area contributed by atoms with Crippen molar-refractivity contribution >= 4 is 17.7 Å². The average molecular weight is 442 g/mol. The fourth-order valence-electron chi connectivity index (χ4n) is 3.74. The van der Waals surface area contributed by atoms with E-state index in [9.17, 15) is 4.79 Å². The second kappa shape index (κ2) is 8.88. The van der Waals surface area contributed by atoms with Crippen molar-refractivity contribution in [1.29, 1.82) is 0 Å². The Balaban J connectivity index is 1.43. The first-order valence-electron chi connectivity index (χ1n) is 10.5. The van der Waals surface area contributed by atoms with Gasteiger partial charge in [-0.1, -0.05) is 102 Å². The van der Waals surface area contributed by atoms with E-state index < -0.39 is 0 Å². The van der Waals surface area contributed by atoms with E-state index in [1.54, 1.807) is 0 Å². The van der Waals surface area contributed by atoms with Gasteiger partial charge in [0.2, 0.25) is 11.1 Å². The minimum Gasteiger partial charge on any atom is -0.351 e. The number of aryl methyl sites for hydroxylation is 1. The third kappa shape index (κ3) is 4.11. The summed E-state index contributed by atoms with van der Waals surface area (Å²) in [5.74, 6) is 0.694. The maximum Gasteiger partial charge on any atom is 0.236 e. The monoisotopic (exact) mass is 441 g/mol. The minimum atomic E-state index is -0.386. The molecule has 2 heterocycles. The lowest BCUT2D eigenvalue weighted by atomic mass is 10.0. The first-order valence-corrected chi connectivity index (χ1v) is 11.4. The van der Waals surface area contributed by atoms with Gasteiger partial charge in [-0.2, -0.15) is 0 Å². The second-order valence-corrected chi connectivity index (χ2v) is 8.88. The van der Waals surface area contributed by atoms with Crippen LogP contribution in [0.4, 0.5) is 0 Å². The maximum absolute atomic E-state index is 13.3. The molecule has 2 unspecified atom stereocenters. The molecule has 1 aromatic heterocycles. The summed E-state index contributed by atoms with van der Waals surface area (Å²) in [7, 11) is 0. The third-order valence-electron chi connectivity index (χ3n) is 5.47. The number of rotatable bonds is 5. The first-order chi connectivity index (χ1) is 15.7. The van der Waals surface area contributed by atoms with E-state index in [2.05, 4.69) is 40.0 Å². The van der Waals surface area contributed by atoms with Crippen molar-refractivity contribution in [2.24, 2.45) is 0 Å². The number of thioether (sulfide) groups is 1. The Bertz CT molecular complexity index is 1210. The summed E-state index contributed by atoms with van der Waals surface area (Å²) >= 11 is 1.44. The van der Waals surface area contributed by atoms with Crippen LogP contribution in [0.15, 0.2) is 90.1 Å². The fraction of sp³-hybridized carbons (Fsp3) is 0.160. The Hall–Kier alpha value is -3.58. The first kappa shape index (κ1) is 20.3. The zero-order valence-electron chi connectivity index (χ0n) is 17.6. The molecule has 0 spiro atoms. The molecule has 32 heavy (non-hydrogen) atoms.